The van der Waals surface area contributed by atoms with Crippen molar-refractivity contribution in [2.75, 3.05) is 19.0 Å². The van der Waals surface area contributed by atoms with Crippen molar-refractivity contribution in [3.8, 4) is 0 Å². The van der Waals surface area contributed by atoms with Crippen LogP contribution in [0.1, 0.15) is 6.42 Å². The van der Waals surface area contributed by atoms with Crippen LogP contribution in [0.15, 0.2) is 4.99 Å². The predicted octanol–water partition coefficient (Wildman–Crippen LogP) is 0.617. The van der Waals surface area contributed by atoms with Gasteiger partial charge in [0.15, 0.2) is 0 Å². The van der Waals surface area contributed by atoms with Gasteiger partial charge in [0.2, 0.25) is 0 Å². The molecule has 0 spiro atoms. The molecule has 0 bridgehead atoms. The molecule has 1 aliphatic heterocycles. The summed E-state index contributed by atoms with van der Waals surface area (Å²) in [6, 6.07) is 0. The third kappa shape index (κ3) is 1.37. The van der Waals surface area contributed by atoms with Crippen LogP contribution in [0.4, 0.5) is 0 Å². The molecule has 3 heteroatoms. The minimum Gasteiger partial charge on any atom is -0.372 e. The van der Waals surface area contributed by atoms with Gasteiger partial charge in [-0.05, 0) is 0 Å². The minimum atomic E-state index is 0.672. The smallest absolute Gasteiger partial charge is 0.0976 e. The molecule has 0 radical (unpaired) electrons. The average molecular weight is 133 g/mol. The van der Waals surface area contributed by atoms with Crippen LogP contribution in [-0.4, -0.2) is 24.8 Å². The van der Waals surface area contributed by atoms with Crippen LogP contribution in [0.25, 0.3) is 0 Å². The maximum Gasteiger partial charge on any atom is 0.0976 e. The second kappa shape index (κ2) is 2.92. The number of alkyl halides is 1. The molecule has 0 aliphatic carbocycles. The van der Waals surface area contributed by atoms with Crippen LogP contribution >= 0.6 is 11.6 Å². The van der Waals surface area contributed by atoms with Gasteiger partial charge in [-0.1, -0.05) is 0 Å². The number of hydrogen-bond acceptors (Lipinski definition) is 2. The number of hydrogen-bond donors (Lipinski definition) is 1. The Balaban J connectivity index is 2.23. The van der Waals surface area contributed by atoms with Crippen LogP contribution in [0.2, 0.25) is 0 Å². The number of amidine groups is 1. The first-order chi connectivity index (χ1) is 3.93. The van der Waals surface area contributed by atoms with Crippen molar-refractivity contribution in [1.29, 1.82) is 0 Å². The van der Waals surface area contributed by atoms with Crippen LogP contribution in [0, 0.1) is 0 Å². The van der Waals surface area contributed by atoms with E-state index in [1.807, 2.05) is 0 Å². The first-order valence-electron chi connectivity index (χ1n) is 2.76. The molecular weight excluding hydrogens is 124 g/mol. The maximum atomic E-state index is 5.46. The molecule has 0 saturated heterocycles. The van der Waals surface area contributed by atoms with Crippen molar-refractivity contribution in [2.45, 2.75) is 6.42 Å². The summed E-state index contributed by atoms with van der Waals surface area (Å²) in [7, 11) is 0. The van der Waals surface area contributed by atoms with Crippen molar-refractivity contribution >= 4 is 17.4 Å². The fraction of sp³-hybridized carbons (Fsp3) is 0.800. The molecule has 0 aromatic heterocycles. The van der Waals surface area contributed by atoms with E-state index in [1.165, 1.54) is 0 Å². The van der Waals surface area contributed by atoms with E-state index in [0.717, 1.165) is 25.3 Å². The van der Waals surface area contributed by atoms with Crippen molar-refractivity contribution < 1.29 is 0 Å². The van der Waals surface area contributed by atoms with Crippen LogP contribution in [-0.2, 0) is 0 Å². The third-order valence-corrected chi connectivity index (χ3v) is 1.26. The molecule has 46 valence electrons. The largest absolute Gasteiger partial charge is 0.372 e. The summed E-state index contributed by atoms with van der Waals surface area (Å²) in [5.41, 5.74) is 0. The Morgan fingerprint density at radius 3 is 3.12 bits per heavy atom. The summed E-state index contributed by atoms with van der Waals surface area (Å²) in [6.07, 6.45) is 0.890. The highest BCUT2D eigenvalue weighted by molar-refractivity contribution is 6.19. The van der Waals surface area contributed by atoms with Crippen LogP contribution in [0.5, 0.6) is 0 Å². The third-order valence-electron chi connectivity index (χ3n) is 1.07. The van der Waals surface area contributed by atoms with E-state index in [0.29, 0.717) is 5.88 Å². The molecule has 0 fully saturated rings. The number of halogens is 1. The molecule has 0 saturated carbocycles. The van der Waals surface area contributed by atoms with Gasteiger partial charge in [-0.25, -0.2) is 0 Å². The van der Waals surface area contributed by atoms with E-state index in [4.69, 9.17) is 11.6 Å². The second-order valence-corrected chi connectivity index (χ2v) is 2.07. The van der Waals surface area contributed by atoms with Gasteiger partial charge in [0.1, 0.15) is 0 Å². The van der Waals surface area contributed by atoms with Gasteiger partial charge in [-0.15, -0.1) is 11.6 Å². The minimum absolute atomic E-state index is 0.672. The summed E-state index contributed by atoms with van der Waals surface area (Å²) in [6.45, 7) is 1.92. The van der Waals surface area contributed by atoms with Gasteiger partial charge < -0.3 is 5.32 Å². The lowest BCUT2D eigenvalue weighted by Crippen LogP contribution is -2.18. The van der Waals surface area contributed by atoms with E-state index < -0.39 is 0 Å². The molecule has 1 heterocycles. The standard InChI is InChI=1S/C5H9ClN2/c6-2-1-5-7-3-4-8-5/h1-4H2,(H,7,8). The summed E-state index contributed by atoms with van der Waals surface area (Å²) in [5.74, 6) is 1.74. The average Bonchev–Trinajstić information content (AvgIpc) is 2.19. The lowest BCUT2D eigenvalue weighted by Gasteiger charge is -1.94. The summed E-state index contributed by atoms with van der Waals surface area (Å²) < 4.78 is 0. The second-order valence-electron chi connectivity index (χ2n) is 1.69. The van der Waals surface area contributed by atoms with E-state index >= 15 is 0 Å². The highest BCUT2D eigenvalue weighted by atomic mass is 35.5. The molecular formula is C5H9ClN2. The molecule has 0 unspecified atom stereocenters. The van der Waals surface area contributed by atoms with Crippen molar-refractivity contribution in [3.05, 3.63) is 0 Å². The maximum absolute atomic E-state index is 5.46. The van der Waals surface area contributed by atoms with Crippen molar-refractivity contribution in [2.24, 2.45) is 4.99 Å². The van der Waals surface area contributed by atoms with Gasteiger partial charge in [0.05, 0.1) is 12.4 Å². The zero-order valence-corrected chi connectivity index (χ0v) is 5.41. The Morgan fingerprint density at radius 2 is 2.62 bits per heavy atom. The van der Waals surface area contributed by atoms with Crippen molar-refractivity contribution in [1.82, 2.24) is 5.32 Å². The van der Waals surface area contributed by atoms with E-state index in [1.54, 1.807) is 0 Å². The normalized spacial score (nSPS) is 17.9. The van der Waals surface area contributed by atoms with Crippen molar-refractivity contribution in [3.63, 3.8) is 0 Å². The first kappa shape index (κ1) is 5.89. The van der Waals surface area contributed by atoms with Crippen LogP contribution in [0.3, 0.4) is 0 Å². The monoisotopic (exact) mass is 132 g/mol. The number of nitrogens with one attached hydrogen (secondary N) is 1. The molecule has 0 aromatic rings. The molecule has 2 nitrogen and oxygen atoms in total. The van der Waals surface area contributed by atoms with E-state index in [9.17, 15) is 0 Å². The summed E-state index contributed by atoms with van der Waals surface area (Å²) in [5, 5.41) is 3.12. The van der Waals surface area contributed by atoms with Crippen LogP contribution < -0.4 is 5.32 Å². The SMILES string of the molecule is ClCCC1=NCCN1. The van der Waals surface area contributed by atoms with E-state index in [2.05, 4.69) is 10.3 Å². The fourth-order valence-corrected chi connectivity index (χ4v) is 0.883. The molecule has 0 atom stereocenters. The Morgan fingerprint density at radius 1 is 1.75 bits per heavy atom. The van der Waals surface area contributed by atoms with Gasteiger partial charge in [0.25, 0.3) is 0 Å². The molecule has 1 N–H and O–H groups in total. The van der Waals surface area contributed by atoms with Gasteiger partial charge >= 0.3 is 0 Å². The van der Waals surface area contributed by atoms with Gasteiger partial charge in [0, 0.05) is 18.8 Å². The lowest BCUT2D eigenvalue weighted by atomic mass is 10.4. The fourth-order valence-electron chi connectivity index (χ4n) is 0.704. The Labute approximate surface area is 53.9 Å². The predicted molar refractivity (Wildman–Crippen MR) is 35.6 cm³/mol. The Hall–Kier alpha value is -0.240. The summed E-state index contributed by atoms with van der Waals surface area (Å²) >= 11 is 5.46. The molecule has 1 rings (SSSR count). The topological polar surface area (TPSA) is 24.4 Å². The number of rotatable bonds is 2. The number of aliphatic imine (C=N–C) groups is 1. The zero-order valence-electron chi connectivity index (χ0n) is 4.65. The number of nitrogens with zero attached hydrogens (tertiary/aromatic N) is 1. The highest BCUT2D eigenvalue weighted by Gasteiger charge is 2.01. The molecule has 0 aromatic carbocycles. The first-order valence-corrected chi connectivity index (χ1v) is 3.30. The summed E-state index contributed by atoms with van der Waals surface area (Å²) in [4.78, 5) is 4.15. The highest BCUT2D eigenvalue weighted by Crippen LogP contribution is 1.91. The molecule has 8 heavy (non-hydrogen) atoms. The quantitative estimate of drug-likeness (QED) is 0.548. The Kier molecular flexibility index (Phi) is 2.15. The lowest BCUT2D eigenvalue weighted by molar-refractivity contribution is 0.951. The van der Waals surface area contributed by atoms with Gasteiger partial charge in [-0.2, -0.15) is 0 Å². The van der Waals surface area contributed by atoms with Gasteiger partial charge in [-0.3, -0.25) is 4.99 Å². The Bertz CT molecular complexity index is 101. The van der Waals surface area contributed by atoms with E-state index in [-0.39, 0.29) is 0 Å². The zero-order chi connectivity index (χ0) is 5.82. The molecule has 1 aliphatic rings. The molecule has 0 amide bonds.